The number of hydrogen-bond acceptors (Lipinski definition) is 6. The molecule has 9 nitrogen and oxygen atoms in total. The average Bonchev–Trinajstić information content (AvgIpc) is 2.97. The zero-order valence-electron chi connectivity index (χ0n) is 17.4. The van der Waals surface area contributed by atoms with Gasteiger partial charge in [-0.3, -0.25) is 24.1 Å². The number of ether oxygens (including phenoxy) is 1. The number of carbonyl (C=O) groups is 5. The molecule has 0 atom stereocenters. The summed E-state index contributed by atoms with van der Waals surface area (Å²) in [7, 11) is 0. The van der Waals surface area contributed by atoms with Crippen LogP contribution in [0.3, 0.4) is 0 Å². The molecule has 0 aromatic heterocycles. The fourth-order valence-electron chi connectivity index (χ4n) is 3.14. The topological polar surface area (TPSA) is 122 Å². The summed E-state index contributed by atoms with van der Waals surface area (Å²) >= 11 is 0. The fourth-order valence-corrected chi connectivity index (χ4v) is 3.14. The maximum atomic E-state index is 12.5. The Morgan fingerprint density at radius 3 is 2.23 bits per heavy atom. The Morgan fingerprint density at radius 1 is 1.07 bits per heavy atom. The molecular formula is C21H27N3O6. The first-order valence-electron chi connectivity index (χ1n) is 9.99. The van der Waals surface area contributed by atoms with Crippen LogP contribution in [0.1, 0.15) is 56.8 Å². The lowest BCUT2D eigenvalue weighted by molar-refractivity contribution is -0.146. The van der Waals surface area contributed by atoms with Gasteiger partial charge in [-0.05, 0) is 43.5 Å². The largest absolute Gasteiger partial charge is 0.456 e. The van der Waals surface area contributed by atoms with Crippen molar-refractivity contribution in [2.75, 3.05) is 18.5 Å². The molecule has 9 heteroatoms. The van der Waals surface area contributed by atoms with Crippen LogP contribution in [0.4, 0.5) is 10.5 Å². The number of rotatable bonds is 10. The fraction of sp³-hybridized carbons (Fsp3) is 0.476. The number of urea groups is 1. The smallest absolute Gasteiger partial charge is 0.326 e. The number of nitrogens with one attached hydrogen (secondary N) is 2. The van der Waals surface area contributed by atoms with Gasteiger partial charge in [0.1, 0.15) is 12.1 Å². The van der Waals surface area contributed by atoms with Crippen LogP contribution in [0, 0.1) is 0 Å². The van der Waals surface area contributed by atoms with Gasteiger partial charge in [0, 0.05) is 17.7 Å². The number of anilines is 1. The first-order chi connectivity index (χ1) is 14.3. The molecular weight excluding hydrogens is 390 g/mol. The second kappa shape index (κ2) is 10.00. The molecule has 0 unspecified atom stereocenters. The summed E-state index contributed by atoms with van der Waals surface area (Å²) in [4.78, 5) is 61.2. The first-order valence-corrected chi connectivity index (χ1v) is 9.99. The second-order valence-corrected chi connectivity index (χ2v) is 7.07. The number of ketones is 1. The van der Waals surface area contributed by atoms with Crippen LogP contribution in [-0.4, -0.2) is 53.2 Å². The standard InChI is InChI=1S/C21H27N3O6/c1-4-7-17(26)22-15-10-8-14(9-11-15)16(25)13-30-18(27)12-24-19(28)21(5-2,6-3)23-20(24)29/h8-11H,4-7,12-13H2,1-3H3,(H,22,26)(H,23,29). The zero-order valence-corrected chi connectivity index (χ0v) is 17.4. The van der Waals surface area contributed by atoms with E-state index in [2.05, 4.69) is 10.6 Å². The third kappa shape index (κ3) is 5.22. The molecule has 1 aliphatic rings. The summed E-state index contributed by atoms with van der Waals surface area (Å²) in [6, 6.07) is 5.57. The number of carbonyl (C=O) groups excluding carboxylic acids is 5. The third-order valence-corrected chi connectivity index (χ3v) is 5.07. The van der Waals surface area contributed by atoms with Gasteiger partial charge in [0.05, 0.1) is 0 Å². The van der Waals surface area contributed by atoms with Crippen molar-refractivity contribution >= 4 is 35.3 Å². The molecule has 0 saturated carbocycles. The van der Waals surface area contributed by atoms with E-state index in [0.717, 1.165) is 11.3 Å². The van der Waals surface area contributed by atoms with Crippen LogP contribution >= 0.6 is 0 Å². The van der Waals surface area contributed by atoms with Crippen molar-refractivity contribution in [1.29, 1.82) is 0 Å². The summed E-state index contributed by atoms with van der Waals surface area (Å²) < 4.78 is 4.95. The monoisotopic (exact) mass is 417 g/mol. The SMILES string of the molecule is CCCC(=O)Nc1ccc(C(=O)COC(=O)CN2C(=O)NC(CC)(CC)C2=O)cc1. The number of nitrogens with zero attached hydrogens (tertiary/aromatic N) is 1. The van der Waals surface area contributed by atoms with Crippen molar-refractivity contribution < 1.29 is 28.7 Å². The highest BCUT2D eigenvalue weighted by molar-refractivity contribution is 6.08. The first kappa shape index (κ1) is 23.1. The molecule has 1 aromatic carbocycles. The summed E-state index contributed by atoms with van der Waals surface area (Å²) in [5, 5.41) is 5.34. The average molecular weight is 417 g/mol. The van der Waals surface area contributed by atoms with Gasteiger partial charge >= 0.3 is 12.0 Å². The Morgan fingerprint density at radius 2 is 1.70 bits per heavy atom. The van der Waals surface area contributed by atoms with Crippen LogP contribution < -0.4 is 10.6 Å². The second-order valence-electron chi connectivity index (χ2n) is 7.07. The van der Waals surface area contributed by atoms with Gasteiger partial charge < -0.3 is 15.4 Å². The Hall–Kier alpha value is -3.23. The lowest BCUT2D eigenvalue weighted by atomic mass is 9.93. The molecule has 4 amide bonds. The maximum absolute atomic E-state index is 12.5. The van der Waals surface area contributed by atoms with E-state index in [4.69, 9.17) is 4.74 Å². The zero-order chi connectivity index (χ0) is 22.3. The van der Waals surface area contributed by atoms with E-state index in [1.807, 2.05) is 6.92 Å². The van der Waals surface area contributed by atoms with E-state index in [0.29, 0.717) is 30.5 Å². The van der Waals surface area contributed by atoms with Crippen molar-refractivity contribution in [2.24, 2.45) is 0 Å². The molecule has 0 bridgehead atoms. The van der Waals surface area contributed by atoms with Crippen LogP contribution in [0.5, 0.6) is 0 Å². The van der Waals surface area contributed by atoms with Crippen LogP contribution in [0.25, 0.3) is 0 Å². The Bertz CT molecular complexity index is 830. The van der Waals surface area contributed by atoms with E-state index >= 15 is 0 Å². The lowest BCUT2D eigenvalue weighted by Gasteiger charge is -2.22. The minimum absolute atomic E-state index is 0.110. The number of benzene rings is 1. The predicted molar refractivity (Wildman–Crippen MR) is 109 cm³/mol. The van der Waals surface area contributed by atoms with Gasteiger partial charge in [-0.1, -0.05) is 20.8 Å². The molecule has 0 aliphatic carbocycles. The van der Waals surface area contributed by atoms with E-state index in [1.165, 1.54) is 12.1 Å². The van der Waals surface area contributed by atoms with E-state index < -0.39 is 42.4 Å². The van der Waals surface area contributed by atoms with Gasteiger partial charge in [0.2, 0.25) is 5.91 Å². The van der Waals surface area contributed by atoms with Crippen LogP contribution in [0.2, 0.25) is 0 Å². The normalized spacial score (nSPS) is 15.0. The van der Waals surface area contributed by atoms with Crippen molar-refractivity contribution in [2.45, 2.75) is 52.0 Å². The Labute approximate surface area is 175 Å². The summed E-state index contributed by atoms with van der Waals surface area (Å²) in [5.74, 6) is -1.87. The highest BCUT2D eigenvalue weighted by Gasteiger charge is 2.49. The lowest BCUT2D eigenvalue weighted by Crippen LogP contribution is -2.46. The molecule has 1 aliphatic heterocycles. The summed E-state index contributed by atoms with van der Waals surface area (Å²) in [5.41, 5.74) is -0.125. The Kier molecular flexibility index (Phi) is 7.68. The summed E-state index contributed by atoms with van der Waals surface area (Å²) in [6.45, 7) is 4.39. The highest BCUT2D eigenvalue weighted by Crippen LogP contribution is 2.24. The summed E-state index contributed by atoms with van der Waals surface area (Å²) in [6.07, 6.45) is 1.96. The van der Waals surface area contributed by atoms with Gasteiger partial charge in [-0.25, -0.2) is 4.79 Å². The molecule has 1 aromatic rings. The van der Waals surface area contributed by atoms with Gasteiger partial charge in [-0.2, -0.15) is 0 Å². The van der Waals surface area contributed by atoms with Crippen molar-refractivity contribution in [3.63, 3.8) is 0 Å². The van der Waals surface area contributed by atoms with E-state index in [1.54, 1.807) is 26.0 Å². The third-order valence-electron chi connectivity index (χ3n) is 5.07. The number of esters is 1. The van der Waals surface area contributed by atoms with Crippen LogP contribution in [0.15, 0.2) is 24.3 Å². The highest BCUT2D eigenvalue weighted by atomic mass is 16.5. The van der Waals surface area contributed by atoms with Gasteiger partial charge in [-0.15, -0.1) is 0 Å². The molecule has 1 heterocycles. The molecule has 0 radical (unpaired) electrons. The van der Waals surface area contributed by atoms with E-state index in [-0.39, 0.29) is 5.91 Å². The number of amides is 4. The maximum Gasteiger partial charge on any atom is 0.326 e. The van der Waals surface area contributed by atoms with Crippen molar-refractivity contribution in [1.82, 2.24) is 10.2 Å². The molecule has 1 fully saturated rings. The minimum Gasteiger partial charge on any atom is -0.456 e. The quantitative estimate of drug-likeness (QED) is 0.342. The number of imide groups is 1. The predicted octanol–water partition coefficient (Wildman–Crippen LogP) is 2.26. The molecule has 1 saturated heterocycles. The number of hydrogen-bond donors (Lipinski definition) is 2. The van der Waals surface area contributed by atoms with Crippen molar-refractivity contribution in [3.05, 3.63) is 29.8 Å². The Balaban J connectivity index is 1.87. The van der Waals surface area contributed by atoms with Gasteiger partial charge in [0.25, 0.3) is 5.91 Å². The van der Waals surface area contributed by atoms with Crippen molar-refractivity contribution in [3.8, 4) is 0 Å². The molecule has 2 rings (SSSR count). The molecule has 0 spiro atoms. The van der Waals surface area contributed by atoms with Gasteiger partial charge in [0.15, 0.2) is 12.4 Å². The van der Waals surface area contributed by atoms with E-state index in [9.17, 15) is 24.0 Å². The molecule has 2 N–H and O–H groups in total. The minimum atomic E-state index is -0.999. The number of Topliss-reactive ketones (excluding diaryl/α,β-unsaturated/α-hetero) is 1. The van der Waals surface area contributed by atoms with Crippen LogP contribution in [-0.2, 0) is 19.1 Å². The molecule has 162 valence electrons. The molecule has 30 heavy (non-hydrogen) atoms.